The molecule has 4 heterocycles. The summed E-state index contributed by atoms with van der Waals surface area (Å²) in [7, 11) is 0. The average molecular weight is 459 g/mol. The Bertz CT molecular complexity index is 1680. The lowest BCUT2D eigenvalue weighted by Crippen LogP contribution is -2.29. The van der Waals surface area contributed by atoms with E-state index in [-0.39, 0.29) is 11.2 Å². The molecule has 0 aliphatic heterocycles. The molecular weight excluding hydrogens is 444 g/mol. The van der Waals surface area contributed by atoms with Crippen LogP contribution in [0.4, 0.5) is 5.95 Å². The lowest BCUT2D eigenvalue weighted by atomic mass is 10.1. The highest BCUT2D eigenvalue weighted by Gasteiger charge is 2.16. The van der Waals surface area contributed by atoms with Crippen LogP contribution in [0.5, 0.6) is 0 Å². The highest BCUT2D eigenvalue weighted by Crippen LogP contribution is 2.25. The standard InChI is InChI=1S/C22H15ClN8O2/c1-11(24)28-21-26-8-12(9-27-21)16-5-6-17-18(29-16)19-15(10-25-17)20(32)30-22(33)31(19)14-4-2-3-13(23)7-14/h2-10H,1H3,(H,30,32,33)(H2,24,26,27,28). The van der Waals surface area contributed by atoms with Crippen molar-refractivity contribution in [2.75, 3.05) is 5.32 Å². The number of fused-ring (bicyclic) bond motifs is 3. The van der Waals surface area contributed by atoms with Gasteiger partial charge in [-0.15, -0.1) is 0 Å². The van der Waals surface area contributed by atoms with E-state index in [1.54, 1.807) is 55.7 Å². The molecule has 0 aliphatic rings. The normalized spacial score (nSPS) is 11.1. The molecule has 0 amide bonds. The van der Waals surface area contributed by atoms with E-state index in [1.807, 2.05) is 0 Å². The maximum atomic E-state index is 12.9. The van der Waals surface area contributed by atoms with E-state index < -0.39 is 11.2 Å². The van der Waals surface area contributed by atoms with E-state index in [4.69, 9.17) is 22.0 Å². The van der Waals surface area contributed by atoms with Crippen LogP contribution in [0.3, 0.4) is 0 Å². The summed E-state index contributed by atoms with van der Waals surface area (Å²) in [5.41, 5.74) is 1.64. The Labute approximate surface area is 190 Å². The first-order chi connectivity index (χ1) is 15.9. The molecule has 11 heteroatoms. The number of hydrogen-bond acceptors (Lipinski definition) is 7. The van der Waals surface area contributed by atoms with Crippen LogP contribution in [0, 0.1) is 5.41 Å². The molecule has 5 rings (SSSR count). The van der Waals surface area contributed by atoms with Crippen molar-refractivity contribution in [2.24, 2.45) is 0 Å². The second-order valence-corrected chi connectivity index (χ2v) is 7.64. The van der Waals surface area contributed by atoms with Gasteiger partial charge < -0.3 is 5.32 Å². The Hall–Kier alpha value is -4.44. The van der Waals surface area contributed by atoms with Crippen molar-refractivity contribution in [3.05, 3.63) is 80.8 Å². The van der Waals surface area contributed by atoms with Gasteiger partial charge in [-0.25, -0.2) is 19.7 Å². The van der Waals surface area contributed by atoms with Gasteiger partial charge in [-0.2, -0.15) is 0 Å². The summed E-state index contributed by atoms with van der Waals surface area (Å²) in [5, 5.41) is 10.9. The van der Waals surface area contributed by atoms with E-state index in [2.05, 4.69) is 25.3 Å². The first-order valence-electron chi connectivity index (χ1n) is 9.76. The zero-order valence-electron chi connectivity index (χ0n) is 17.1. The van der Waals surface area contributed by atoms with E-state index in [0.29, 0.717) is 44.5 Å². The Balaban J connectivity index is 1.79. The number of amidine groups is 1. The molecule has 3 N–H and O–H groups in total. The zero-order valence-corrected chi connectivity index (χ0v) is 17.9. The number of anilines is 1. The number of nitrogens with zero attached hydrogens (tertiary/aromatic N) is 5. The molecule has 0 atom stereocenters. The van der Waals surface area contributed by atoms with Gasteiger partial charge in [0.2, 0.25) is 5.95 Å². The Kier molecular flexibility index (Phi) is 4.91. The summed E-state index contributed by atoms with van der Waals surface area (Å²) in [6, 6.07) is 10.3. The zero-order chi connectivity index (χ0) is 23.1. The van der Waals surface area contributed by atoms with Crippen molar-refractivity contribution in [3.63, 3.8) is 0 Å². The van der Waals surface area contributed by atoms with Crippen LogP contribution >= 0.6 is 11.6 Å². The molecule has 5 aromatic rings. The second-order valence-electron chi connectivity index (χ2n) is 7.20. The van der Waals surface area contributed by atoms with Crippen molar-refractivity contribution in [2.45, 2.75) is 6.92 Å². The molecule has 0 fully saturated rings. The number of H-pyrrole nitrogens is 1. The summed E-state index contributed by atoms with van der Waals surface area (Å²) in [6.45, 7) is 1.58. The fourth-order valence-corrected chi connectivity index (χ4v) is 3.67. The minimum Gasteiger partial charge on any atom is -0.313 e. The minimum absolute atomic E-state index is 0.212. The van der Waals surface area contributed by atoms with Crippen LogP contribution in [-0.4, -0.2) is 35.3 Å². The Morgan fingerprint density at radius 1 is 1.09 bits per heavy atom. The third kappa shape index (κ3) is 3.72. The fraction of sp³-hybridized carbons (Fsp3) is 0.0455. The molecule has 0 unspecified atom stereocenters. The fourth-order valence-electron chi connectivity index (χ4n) is 3.48. The molecule has 162 valence electrons. The van der Waals surface area contributed by atoms with Crippen molar-refractivity contribution in [1.29, 1.82) is 5.41 Å². The van der Waals surface area contributed by atoms with Gasteiger partial charge in [0.05, 0.1) is 33.6 Å². The minimum atomic E-state index is -0.616. The van der Waals surface area contributed by atoms with Gasteiger partial charge in [0, 0.05) is 29.2 Å². The van der Waals surface area contributed by atoms with Gasteiger partial charge in [-0.1, -0.05) is 17.7 Å². The van der Waals surface area contributed by atoms with Crippen molar-refractivity contribution in [1.82, 2.24) is 29.5 Å². The summed E-state index contributed by atoms with van der Waals surface area (Å²) >= 11 is 6.15. The lowest BCUT2D eigenvalue weighted by molar-refractivity contribution is 0.943. The third-order valence-electron chi connectivity index (χ3n) is 4.89. The van der Waals surface area contributed by atoms with E-state index in [1.165, 1.54) is 10.8 Å². The SMILES string of the molecule is CC(=N)Nc1ncc(-c2ccc3ncc4c(=O)[nH]c(=O)n(-c5cccc(Cl)c5)c4c3n2)cn1. The van der Waals surface area contributed by atoms with E-state index in [9.17, 15) is 9.59 Å². The summed E-state index contributed by atoms with van der Waals surface area (Å²) in [5.74, 6) is 0.508. The van der Waals surface area contributed by atoms with Gasteiger partial charge in [-0.3, -0.25) is 24.7 Å². The van der Waals surface area contributed by atoms with Crippen LogP contribution in [0.2, 0.25) is 5.02 Å². The molecule has 0 saturated heterocycles. The molecule has 0 bridgehead atoms. The number of hydrogen-bond donors (Lipinski definition) is 3. The summed E-state index contributed by atoms with van der Waals surface area (Å²) < 4.78 is 1.36. The van der Waals surface area contributed by atoms with Gasteiger partial charge >= 0.3 is 5.69 Å². The Morgan fingerprint density at radius 2 is 1.88 bits per heavy atom. The highest BCUT2D eigenvalue weighted by atomic mass is 35.5. The molecule has 0 aliphatic carbocycles. The molecular formula is C22H15ClN8O2. The first-order valence-corrected chi connectivity index (χ1v) is 10.1. The summed E-state index contributed by atoms with van der Waals surface area (Å²) in [6.07, 6.45) is 4.56. The number of aromatic amines is 1. The summed E-state index contributed by atoms with van der Waals surface area (Å²) in [4.78, 5) is 45.2. The number of pyridine rings is 2. The monoisotopic (exact) mass is 458 g/mol. The molecule has 0 spiro atoms. The maximum Gasteiger partial charge on any atom is 0.333 e. The van der Waals surface area contributed by atoms with E-state index in [0.717, 1.165) is 0 Å². The Morgan fingerprint density at radius 3 is 2.61 bits per heavy atom. The average Bonchev–Trinajstić information content (AvgIpc) is 2.79. The molecule has 10 nitrogen and oxygen atoms in total. The number of halogens is 1. The smallest absolute Gasteiger partial charge is 0.313 e. The number of nitrogens with one attached hydrogen (secondary N) is 3. The van der Waals surface area contributed by atoms with Crippen molar-refractivity contribution < 1.29 is 0 Å². The molecule has 4 aromatic heterocycles. The quantitative estimate of drug-likeness (QED) is 0.214. The van der Waals surface area contributed by atoms with Crippen LogP contribution in [-0.2, 0) is 0 Å². The maximum absolute atomic E-state index is 12.9. The van der Waals surface area contributed by atoms with Crippen molar-refractivity contribution >= 4 is 45.3 Å². The lowest BCUT2D eigenvalue weighted by Gasteiger charge is -2.12. The molecule has 0 saturated carbocycles. The number of benzene rings is 1. The van der Waals surface area contributed by atoms with Gasteiger partial charge in [-0.05, 0) is 37.3 Å². The predicted molar refractivity (Wildman–Crippen MR) is 126 cm³/mol. The highest BCUT2D eigenvalue weighted by molar-refractivity contribution is 6.30. The second kappa shape index (κ2) is 7.92. The van der Waals surface area contributed by atoms with E-state index >= 15 is 0 Å². The van der Waals surface area contributed by atoms with Crippen LogP contribution in [0.1, 0.15) is 6.92 Å². The van der Waals surface area contributed by atoms with Gasteiger partial charge in [0.15, 0.2) is 0 Å². The molecule has 1 aromatic carbocycles. The van der Waals surface area contributed by atoms with Crippen molar-refractivity contribution in [3.8, 4) is 16.9 Å². The molecule has 33 heavy (non-hydrogen) atoms. The van der Waals surface area contributed by atoms with Gasteiger partial charge in [0.1, 0.15) is 5.52 Å². The topological polar surface area (TPSA) is 142 Å². The molecule has 0 radical (unpaired) electrons. The largest absolute Gasteiger partial charge is 0.333 e. The number of rotatable bonds is 3. The third-order valence-corrected chi connectivity index (χ3v) is 5.13. The van der Waals surface area contributed by atoms with Gasteiger partial charge in [0.25, 0.3) is 5.56 Å². The van der Waals surface area contributed by atoms with Crippen LogP contribution in [0.25, 0.3) is 38.9 Å². The predicted octanol–water partition coefficient (Wildman–Crippen LogP) is 3.14. The van der Waals surface area contributed by atoms with Crippen LogP contribution < -0.4 is 16.6 Å². The number of aromatic nitrogens is 6. The first kappa shape index (κ1) is 20.5. The van der Waals surface area contributed by atoms with Crippen LogP contribution in [0.15, 0.2) is 64.6 Å².